The Kier molecular flexibility index (Phi) is 5.16. The summed E-state index contributed by atoms with van der Waals surface area (Å²) in [6, 6.07) is 0.367. The molecular weight excluding hydrogens is 212 g/mol. The first-order valence-electron chi connectivity index (χ1n) is 6.13. The molecule has 3 heteroatoms. The maximum absolute atomic E-state index is 11.8. The van der Waals surface area contributed by atoms with E-state index in [0.717, 1.165) is 12.0 Å². The number of rotatable bonds is 5. The zero-order chi connectivity index (χ0) is 12.8. The summed E-state index contributed by atoms with van der Waals surface area (Å²) in [6.07, 6.45) is 9.26. The third kappa shape index (κ3) is 3.56. The van der Waals surface area contributed by atoms with Crippen LogP contribution in [0, 0.1) is 0 Å². The van der Waals surface area contributed by atoms with Gasteiger partial charge in [0, 0.05) is 12.5 Å². The van der Waals surface area contributed by atoms with Gasteiger partial charge in [0.2, 0.25) is 5.91 Å². The highest BCUT2D eigenvalue weighted by molar-refractivity contribution is 5.79. The second-order valence-corrected chi connectivity index (χ2v) is 4.50. The number of nitrogens with zero attached hydrogens (tertiary/aromatic N) is 1. The monoisotopic (exact) mass is 234 g/mol. The smallest absolute Gasteiger partial charge is 0.237 e. The molecule has 1 aliphatic rings. The van der Waals surface area contributed by atoms with Gasteiger partial charge < -0.3 is 0 Å². The molecule has 94 valence electrons. The maximum Gasteiger partial charge on any atom is 0.237 e. The Hall–Kier alpha value is -1.35. The molecule has 3 nitrogen and oxygen atoms in total. The van der Waals surface area contributed by atoms with Crippen LogP contribution >= 0.6 is 0 Å². The molecule has 1 rings (SSSR count). The van der Waals surface area contributed by atoms with E-state index in [1.165, 1.54) is 0 Å². The van der Waals surface area contributed by atoms with Crippen LogP contribution < -0.4 is 5.43 Å². The zero-order valence-corrected chi connectivity index (χ0v) is 10.9. The van der Waals surface area contributed by atoms with Crippen molar-refractivity contribution in [3.8, 4) is 0 Å². The molecule has 0 aliphatic carbocycles. The number of amides is 1. The lowest BCUT2D eigenvalue weighted by molar-refractivity contribution is -0.132. The van der Waals surface area contributed by atoms with E-state index in [4.69, 9.17) is 0 Å². The average Bonchev–Trinajstić information content (AvgIpc) is 2.62. The van der Waals surface area contributed by atoms with Gasteiger partial charge in [-0.15, -0.1) is 0 Å². The molecule has 0 bridgehead atoms. The van der Waals surface area contributed by atoms with Crippen molar-refractivity contribution < 1.29 is 4.79 Å². The molecule has 1 saturated heterocycles. The van der Waals surface area contributed by atoms with Gasteiger partial charge in [0.05, 0.1) is 6.04 Å². The van der Waals surface area contributed by atoms with E-state index in [0.29, 0.717) is 6.42 Å². The Labute approximate surface area is 104 Å². The normalized spacial score (nSPS) is 21.9. The molecular formula is C14H22N2O. The molecule has 0 aromatic carbocycles. The summed E-state index contributed by atoms with van der Waals surface area (Å²) >= 11 is 0. The first-order valence-corrected chi connectivity index (χ1v) is 6.13. The van der Waals surface area contributed by atoms with Gasteiger partial charge >= 0.3 is 0 Å². The first kappa shape index (κ1) is 13.7. The molecule has 0 saturated carbocycles. The highest BCUT2D eigenvalue weighted by Crippen LogP contribution is 2.24. The fraction of sp³-hybridized carbons (Fsp3) is 0.500. The summed E-state index contributed by atoms with van der Waals surface area (Å²) in [4.78, 5) is 11.8. The van der Waals surface area contributed by atoms with Crippen molar-refractivity contribution in [3.05, 3.63) is 36.5 Å². The van der Waals surface area contributed by atoms with E-state index in [-0.39, 0.29) is 18.0 Å². The lowest BCUT2D eigenvalue weighted by Crippen LogP contribution is -2.48. The summed E-state index contributed by atoms with van der Waals surface area (Å²) in [5.41, 5.74) is 4.29. The van der Waals surface area contributed by atoms with E-state index in [9.17, 15) is 4.79 Å². The molecule has 0 radical (unpaired) electrons. The summed E-state index contributed by atoms with van der Waals surface area (Å²) in [7, 11) is 0. The van der Waals surface area contributed by atoms with E-state index < -0.39 is 0 Å². The van der Waals surface area contributed by atoms with Crippen LogP contribution in [0.2, 0.25) is 0 Å². The predicted octanol–water partition coefficient (Wildman–Crippen LogP) is 2.58. The Morgan fingerprint density at radius 1 is 1.59 bits per heavy atom. The molecule has 1 heterocycles. The van der Waals surface area contributed by atoms with Gasteiger partial charge in [0.25, 0.3) is 0 Å². The predicted molar refractivity (Wildman–Crippen MR) is 71.2 cm³/mol. The van der Waals surface area contributed by atoms with E-state index >= 15 is 0 Å². The van der Waals surface area contributed by atoms with Gasteiger partial charge in [-0.1, -0.05) is 30.9 Å². The molecule has 1 aliphatic heterocycles. The number of carbonyl (C=O) groups excluding carboxylic acids is 1. The molecule has 0 spiro atoms. The van der Waals surface area contributed by atoms with Crippen LogP contribution in [0.3, 0.4) is 0 Å². The molecule has 1 N–H and O–H groups in total. The Morgan fingerprint density at radius 2 is 2.29 bits per heavy atom. The van der Waals surface area contributed by atoms with Crippen molar-refractivity contribution in [2.24, 2.45) is 0 Å². The highest BCUT2D eigenvalue weighted by atomic mass is 16.2. The van der Waals surface area contributed by atoms with Crippen LogP contribution in [0.1, 0.15) is 33.6 Å². The minimum atomic E-state index is 0.110. The zero-order valence-electron chi connectivity index (χ0n) is 10.9. The number of carbonyl (C=O) groups is 1. The van der Waals surface area contributed by atoms with Crippen LogP contribution in [-0.4, -0.2) is 23.0 Å². The lowest BCUT2D eigenvalue weighted by atomic mass is 10.0. The largest absolute Gasteiger partial charge is 0.273 e. The molecule has 0 aromatic heterocycles. The van der Waals surface area contributed by atoms with Crippen molar-refractivity contribution in [2.45, 2.75) is 45.7 Å². The van der Waals surface area contributed by atoms with Crippen molar-refractivity contribution in [1.29, 1.82) is 0 Å². The van der Waals surface area contributed by atoms with Gasteiger partial charge in [-0.3, -0.25) is 9.80 Å². The highest BCUT2D eigenvalue weighted by Gasteiger charge is 2.32. The van der Waals surface area contributed by atoms with Crippen molar-refractivity contribution >= 4 is 5.91 Å². The fourth-order valence-corrected chi connectivity index (χ4v) is 1.96. The van der Waals surface area contributed by atoms with Gasteiger partial charge in [-0.25, -0.2) is 5.43 Å². The number of hydrogen-bond donors (Lipinski definition) is 1. The Bertz CT molecular complexity index is 342. The number of allylic oxidation sites excluding steroid dienone is 3. The molecule has 1 amide bonds. The minimum absolute atomic E-state index is 0.110. The van der Waals surface area contributed by atoms with E-state index in [1.54, 1.807) is 5.01 Å². The third-order valence-corrected chi connectivity index (χ3v) is 2.71. The quantitative estimate of drug-likeness (QED) is 0.742. The van der Waals surface area contributed by atoms with Gasteiger partial charge in [-0.2, -0.15) is 0 Å². The average molecular weight is 234 g/mol. The van der Waals surface area contributed by atoms with Crippen LogP contribution in [0.25, 0.3) is 0 Å². The fourth-order valence-electron chi connectivity index (χ4n) is 1.96. The second-order valence-electron chi connectivity index (χ2n) is 4.50. The van der Waals surface area contributed by atoms with Crippen LogP contribution in [0.15, 0.2) is 36.5 Å². The second kappa shape index (κ2) is 6.40. The number of hydrogen-bond acceptors (Lipinski definition) is 2. The van der Waals surface area contributed by atoms with Gasteiger partial charge in [-0.05, 0) is 32.8 Å². The van der Waals surface area contributed by atoms with E-state index in [1.807, 2.05) is 45.1 Å². The Morgan fingerprint density at radius 3 is 2.82 bits per heavy atom. The summed E-state index contributed by atoms with van der Waals surface area (Å²) in [5.74, 6) is 0.164. The van der Waals surface area contributed by atoms with Crippen molar-refractivity contribution in [1.82, 2.24) is 10.4 Å². The first-order chi connectivity index (χ1) is 8.10. The molecule has 17 heavy (non-hydrogen) atoms. The number of hydrazine groups is 1. The van der Waals surface area contributed by atoms with E-state index in [2.05, 4.69) is 12.0 Å². The van der Waals surface area contributed by atoms with Crippen molar-refractivity contribution in [2.75, 3.05) is 0 Å². The maximum atomic E-state index is 11.8. The summed E-state index contributed by atoms with van der Waals surface area (Å²) in [5, 5.41) is 1.75. The standard InChI is InChI=1S/C14H22N2O/c1-5-7-8-12(6-2)13-9-10-14(17)16(13)15-11(3)4/h5-8,11,13,15H,2,9-10H2,1,3-4H3/b7-5-,12-8+. The lowest BCUT2D eigenvalue weighted by Gasteiger charge is -2.28. The van der Waals surface area contributed by atoms with Crippen LogP contribution in [0.5, 0.6) is 0 Å². The van der Waals surface area contributed by atoms with Gasteiger partial charge in [0.1, 0.15) is 0 Å². The summed E-state index contributed by atoms with van der Waals surface area (Å²) in [6.45, 7) is 9.87. The molecule has 1 unspecified atom stereocenters. The van der Waals surface area contributed by atoms with Crippen molar-refractivity contribution in [3.63, 3.8) is 0 Å². The topological polar surface area (TPSA) is 32.3 Å². The molecule has 1 fully saturated rings. The number of nitrogens with one attached hydrogen (secondary N) is 1. The van der Waals surface area contributed by atoms with Gasteiger partial charge in [0.15, 0.2) is 0 Å². The minimum Gasteiger partial charge on any atom is -0.273 e. The Balaban J connectivity index is 2.86. The third-order valence-electron chi connectivity index (χ3n) is 2.71. The van der Waals surface area contributed by atoms with Crippen LogP contribution in [-0.2, 0) is 4.79 Å². The summed E-state index contributed by atoms with van der Waals surface area (Å²) < 4.78 is 0. The molecule has 0 aromatic rings. The SMILES string of the molecule is C=C/C(=C\C=C/C)C1CCC(=O)N1NC(C)C. The van der Waals surface area contributed by atoms with Crippen LogP contribution in [0.4, 0.5) is 0 Å². The molecule has 1 atom stereocenters.